The molecule has 0 bridgehead atoms. The summed E-state index contributed by atoms with van der Waals surface area (Å²) in [7, 11) is 0. The molecule has 16 heavy (non-hydrogen) atoms. The number of aromatic nitrogens is 3. The second-order valence-electron chi connectivity index (χ2n) is 4.70. The van der Waals surface area contributed by atoms with Crippen LogP contribution in [0.1, 0.15) is 26.3 Å². The maximum absolute atomic E-state index is 5.35. The van der Waals surface area contributed by atoms with E-state index >= 15 is 0 Å². The second kappa shape index (κ2) is 3.63. The van der Waals surface area contributed by atoms with Crippen LogP contribution in [0.3, 0.4) is 0 Å². The Morgan fingerprint density at radius 1 is 1.31 bits per heavy atom. The number of nitrogens with zero attached hydrogens (tertiary/aromatic N) is 2. The summed E-state index contributed by atoms with van der Waals surface area (Å²) in [5.74, 6) is 0.686. The molecule has 1 aromatic heterocycles. The van der Waals surface area contributed by atoms with Gasteiger partial charge in [0.25, 0.3) is 0 Å². The first-order chi connectivity index (χ1) is 7.52. The fourth-order valence-corrected chi connectivity index (χ4v) is 1.53. The predicted octanol–water partition coefficient (Wildman–Crippen LogP) is 2.78. The Kier molecular flexibility index (Phi) is 2.42. The zero-order valence-corrected chi connectivity index (χ0v) is 9.74. The maximum Gasteiger partial charge on any atom is 0.156 e. The van der Waals surface area contributed by atoms with E-state index in [9.17, 15) is 0 Å². The third-order valence-corrected chi connectivity index (χ3v) is 2.46. The molecule has 1 heterocycles. The van der Waals surface area contributed by atoms with Gasteiger partial charge in [-0.2, -0.15) is 15.4 Å². The highest BCUT2D eigenvalue weighted by atomic mass is 16.5. The van der Waals surface area contributed by atoms with Gasteiger partial charge in [0.2, 0.25) is 0 Å². The van der Waals surface area contributed by atoms with E-state index in [2.05, 4.69) is 42.8 Å². The topological polar surface area (TPSA) is 50.8 Å². The Morgan fingerprint density at radius 3 is 2.69 bits per heavy atom. The third-order valence-electron chi connectivity index (χ3n) is 2.46. The van der Waals surface area contributed by atoms with E-state index in [0.717, 1.165) is 16.6 Å². The van der Waals surface area contributed by atoms with Crippen molar-refractivity contribution < 1.29 is 4.74 Å². The maximum atomic E-state index is 5.35. The van der Waals surface area contributed by atoms with E-state index in [-0.39, 0.29) is 5.41 Å². The minimum atomic E-state index is 0.0480. The first kappa shape index (κ1) is 10.7. The van der Waals surface area contributed by atoms with Crippen molar-refractivity contribution in [2.75, 3.05) is 0 Å². The lowest BCUT2D eigenvalue weighted by atomic mass is 9.87. The minimum absolute atomic E-state index is 0.0480. The molecule has 0 atom stereocenters. The molecule has 0 aliphatic heterocycles. The van der Waals surface area contributed by atoms with Gasteiger partial charge in [0.1, 0.15) is 5.52 Å². The minimum Gasteiger partial charge on any atom is -0.463 e. The van der Waals surface area contributed by atoms with Gasteiger partial charge in [0, 0.05) is 0 Å². The van der Waals surface area contributed by atoms with Crippen molar-refractivity contribution in [2.24, 2.45) is 0 Å². The largest absolute Gasteiger partial charge is 0.463 e. The molecule has 0 amide bonds. The van der Waals surface area contributed by atoms with Crippen molar-refractivity contribution >= 4 is 11.0 Å². The Bertz CT molecular complexity index is 523. The molecule has 0 aliphatic carbocycles. The zero-order valence-electron chi connectivity index (χ0n) is 9.74. The van der Waals surface area contributed by atoms with E-state index in [1.165, 1.54) is 6.26 Å². The molecule has 84 valence electrons. The number of rotatable bonds is 2. The molecule has 0 saturated carbocycles. The summed E-state index contributed by atoms with van der Waals surface area (Å²) >= 11 is 0. The summed E-state index contributed by atoms with van der Waals surface area (Å²) in [6, 6.07) is 4.00. The van der Waals surface area contributed by atoms with Crippen LogP contribution in [0.25, 0.3) is 11.0 Å². The monoisotopic (exact) mass is 217 g/mol. The lowest BCUT2D eigenvalue weighted by Gasteiger charge is -2.19. The summed E-state index contributed by atoms with van der Waals surface area (Å²) in [4.78, 5) is 0. The van der Waals surface area contributed by atoms with Crippen LogP contribution in [0.5, 0.6) is 5.75 Å². The highest BCUT2D eigenvalue weighted by Crippen LogP contribution is 2.31. The summed E-state index contributed by atoms with van der Waals surface area (Å²) in [6.07, 6.45) is 1.40. The summed E-state index contributed by atoms with van der Waals surface area (Å²) < 4.78 is 5.35. The van der Waals surface area contributed by atoms with Gasteiger partial charge in [-0.25, -0.2) is 0 Å². The van der Waals surface area contributed by atoms with E-state index in [1.807, 2.05) is 12.1 Å². The van der Waals surface area contributed by atoms with Crippen LogP contribution in [0.15, 0.2) is 25.0 Å². The predicted molar refractivity (Wildman–Crippen MR) is 63.4 cm³/mol. The molecular weight excluding hydrogens is 202 g/mol. The van der Waals surface area contributed by atoms with Crippen molar-refractivity contribution in [1.82, 2.24) is 15.4 Å². The van der Waals surface area contributed by atoms with Crippen molar-refractivity contribution in [3.8, 4) is 5.75 Å². The van der Waals surface area contributed by atoms with E-state index in [0.29, 0.717) is 5.75 Å². The number of aromatic amines is 1. The van der Waals surface area contributed by atoms with Crippen molar-refractivity contribution in [3.63, 3.8) is 0 Å². The van der Waals surface area contributed by atoms with E-state index in [4.69, 9.17) is 4.74 Å². The molecule has 4 heteroatoms. The van der Waals surface area contributed by atoms with Crippen LogP contribution < -0.4 is 4.74 Å². The molecule has 0 radical (unpaired) electrons. The molecule has 0 saturated heterocycles. The van der Waals surface area contributed by atoms with Gasteiger partial charge < -0.3 is 4.74 Å². The molecular formula is C12H15N3O. The van der Waals surface area contributed by atoms with Crippen LogP contribution in [0, 0.1) is 0 Å². The molecule has 2 rings (SSSR count). The first-order valence-electron chi connectivity index (χ1n) is 5.15. The quantitative estimate of drug-likeness (QED) is 0.787. The molecule has 2 aromatic rings. The second-order valence-corrected chi connectivity index (χ2v) is 4.70. The third kappa shape index (κ3) is 1.78. The molecule has 0 aliphatic rings. The Labute approximate surface area is 94.3 Å². The van der Waals surface area contributed by atoms with Gasteiger partial charge >= 0.3 is 0 Å². The number of fused-ring (bicyclic) bond motifs is 1. The van der Waals surface area contributed by atoms with Gasteiger partial charge in [0.15, 0.2) is 11.3 Å². The molecule has 0 spiro atoms. The van der Waals surface area contributed by atoms with E-state index < -0.39 is 0 Å². The first-order valence-corrected chi connectivity index (χ1v) is 5.15. The molecule has 0 fully saturated rings. The normalized spacial score (nSPS) is 11.7. The number of hydrogen-bond acceptors (Lipinski definition) is 3. The highest BCUT2D eigenvalue weighted by Gasteiger charge is 2.18. The Balaban J connectivity index is 2.66. The average molecular weight is 217 g/mol. The fourth-order valence-electron chi connectivity index (χ4n) is 1.53. The standard InChI is InChI=1S/C12H15N3O/c1-5-16-10-7-8(12(2,3)4)6-9-11(10)14-15-13-9/h5-7H,1H2,2-4H3,(H,13,14,15). The number of hydrogen-bond donors (Lipinski definition) is 1. The molecule has 0 unspecified atom stereocenters. The van der Waals surface area contributed by atoms with Crippen LogP contribution >= 0.6 is 0 Å². The highest BCUT2D eigenvalue weighted by molar-refractivity contribution is 5.81. The summed E-state index contributed by atoms with van der Waals surface area (Å²) in [6.45, 7) is 9.99. The van der Waals surface area contributed by atoms with E-state index in [1.54, 1.807) is 0 Å². The Hall–Kier alpha value is -1.84. The lowest BCUT2D eigenvalue weighted by Crippen LogP contribution is -2.11. The lowest BCUT2D eigenvalue weighted by molar-refractivity contribution is 0.484. The van der Waals surface area contributed by atoms with Crippen molar-refractivity contribution in [3.05, 3.63) is 30.5 Å². The zero-order chi connectivity index (χ0) is 11.8. The van der Waals surface area contributed by atoms with Gasteiger partial charge in [-0.05, 0) is 23.1 Å². The molecule has 1 N–H and O–H groups in total. The fraction of sp³-hybridized carbons (Fsp3) is 0.333. The smallest absolute Gasteiger partial charge is 0.156 e. The van der Waals surface area contributed by atoms with Gasteiger partial charge in [-0.15, -0.1) is 0 Å². The van der Waals surface area contributed by atoms with Crippen molar-refractivity contribution in [2.45, 2.75) is 26.2 Å². The number of benzene rings is 1. The number of ether oxygens (including phenoxy) is 1. The van der Waals surface area contributed by atoms with Gasteiger partial charge in [0.05, 0.1) is 6.26 Å². The summed E-state index contributed by atoms with van der Waals surface area (Å²) in [5, 5.41) is 10.7. The van der Waals surface area contributed by atoms with Crippen LogP contribution in [-0.2, 0) is 5.41 Å². The summed E-state index contributed by atoms with van der Waals surface area (Å²) in [5.41, 5.74) is 2.75. The van der Waals surface area contributed by atoms with Crippen molar-refractivity contribution in [1.29, 1.82) is 0 Å². The molecule has 4 nitrogen and oxygen atoms in total. The van der Waals surface area contributed by atoms with Crippen LogP contribution in [0.4, 0.5) is 0 Å². The van der Waals surface area contributed by atoms with Crippen LogP contribution in [-0.4, -0.2) is 15.4 Å². The average Bonchev–Trinajstić information content (AvgIpc) is 2.64. The number of H-pyrrole nitrogens is 1. The van der Waals surface area contributed by atoms with Gasteiger partial charge in [-0.3, -0.25) is 0 Å². The van der Waals surface area contributed by atoms with Gasteiger partial charge in [-0.1, -0.05) is 27.4 Å². The molecule has 1 aromatic carbocycles. The van der Waals surface area contributed by atoms with Crippen LogP contribution in [0.2, 0.25) is 0 Å². The SMILES string of the molecule is C=COc1cc(C(C)(C)C)cc2n[nH]nc12. The Morgan fingerprint density at radius 2 is 2.06 bits per heavy atom. The number of nitrogens with one attached hydrogen (secondary N) is 1.